The number of halogens is 2. The summed E-state index contributed by atoms with van der Waals surface area (Å²) in [7, 11) is 0. The molecule has 7 nitrogen and oxygen atoms in total. The van der Waals surface area contributed by atoms with Crippen LogP contribution in [0.1, 0.15) is 38.8 Å². The van der Waals surface area contributed by atoms with Crippen LogP contribution in [-0.4, -0.2) is 37.2 Å². The highest BCUT2D eigenvalue weighted by molar-refractivity contribution is 6.34. The third-order valence-corrected chi connectivity index (χ3v) is 6.41. The van der Waals surface area contributed by atoms with Crippen molar-refractivity contribution in [2.75, 3.05) is 6.54 Å². The number of rotatable bonds is 6. The SMILES string of the molecule is Cc1cc2nc(C(CNC(=O)c3ccc(-n4cnnc4)cc3Cl)c3ccc(F)cc3)[nH]c2cc1C. The molecule has 9 heteroatoms. The lowest BCUT2D eigenvalue weighted by atomic mass is 9.98. The summed E-state index contributed by atoms with van der Waals surface area (Å²) in [5.41, 5.74) is 5.97. The molecule has 5 rings (SSSR count). The van der Waals surface area contributed by atoms with Gasteiger partial charge in [0, 0.05) is 12.2 Å². The number of fused-ring (bicyclic) bond motifs is 1. The molecule has 0 spiro atoms. The minimum Gasteiger partial charge on any atom is -0.351 e. The van der Waals surface area contributed by atoms with E-state index in [1.807, 2.05) is 19.9 Å². The van der Waals surface area contributed by atoms with Gasteiger partial charge in [0.25, 0.3) is 5.91 Å². The molecule has 2 N–H and O–H groups in total. The first-order chi connectivity index (χ1) is 16.9. The van der Waals surface area contributed by atoms with Gasteiger partial charge in [0.15, 0.2) is 0 Å². The Kier molecular flexibility index (Phi) is 6.05. The molecule has 1 amide bonds. The molecule has 35 heavy (non-hydrogen) atoms. The van der Waals surface area contributed by atoms with Crippen LogP contribution in [0.5, 0.6) is 0 Å². The van der Waals surface area contributed by atoms with E-state index in [9.17, 15) is 9.18 Å². The van der Waals surface area contributed by atoms with E-state index in [2.05, 4.69) is 26.6 Å². The van der Waals surface area contributed by atoms with Crippen molar-refractivity contribution in [2.24, 2.45) is 0 Å². The second-order valence-electron chi connectivity index (χ2n) is 8.42. The van der Waals surface area contributed by atoms with Gasteiger partial charge in [-0.25, -0.2) is 9.37 Å². The first-order valence-electron chi connectivity index (χ1n) is 11.0. The van der Waals surface area contributed by atoms with E-state index in [4.69, 9.17) is 16.6 Å². The fourth-order valence-corrected chi connectivity index (χ4v) is 4.26. The van der Waals surface area contributed by atoms with Crippen molar-refractivity contribution in [1.29, 1.82) is 0 Å². The van der Waals surface area contributed by atoms with Crippen LogP contribution in [0.15, 0.2) is 67.3 Å². The van der Waals surface area contributed by atoms with Gasteiger partial charge in [-0.2, -0.15) is 0 Å². The van der Waals surface area contributed by atoms with Crippen LogP contribution in [0.4, 0.5) is 4.39 Å². The average molecular weight is 489 g/mol. The van der Waals surface area contributed by atoms with Crippen LogP contribution < -0.4 is 5.32 Å². The summed E-state index contributed by atoms with van der Waals surface area (Å²) in [6.07, 6.45) is 3.10. The van der Waals surface area contributed by atoms with Gasteiger partial charge >= 0.3 is 0 Å². The maximum absolute atomic E-state index is 13.6. The number of hydrogen-bond acceptors (Lipinski definition) is 4. The molecule has 0 aliphatic carbocycles. The number of carbonyl (C=O) groups is 1. The number of aromatic nitrogens is 5. The van der Waals surface area contributed by atoms with Gasteiger partial charge in [-0.1, -0.05) is 23.7 Å². The predicted octanol–water partition coefficient (Wildman–Crippen LogP) is 5.11. The molecule has 0 aliphatic rings. The van der Waals surface area contributed by atoms with Gasteiger partial charge in [-0.3, -0.25) is 9.36 Å². The minimum absolute atomic E-state index is 0.242. The van der Waals surface area contributed by atoms with E-state index in [1.54, 1.807) is 47.6 Å². The monoisotopic (exact) mass is 488 g/mol. The van der Waals surface area contributed by atoms with Gasteiger partial charge in [0.2, 0.25) is 0 Å². The van der Waals surface area contributed by atoms with E-state index in [0.717, 1.165) is 33.4 Å². The molecule has 2 heterocycles. The second-order valence-corrected chi connectivity index (χ2v) is 8.83. The number of benzene rings is 3. The Hall–Kier alpha value is -4.04. The number of aromatic amines is 1. The van der Waals surface area contributed by atoms with Crippen LogP contribution in [0.2, 0.25) is 5.02 Å². The maximum Gasteiger partial charge on any atom is 0.252 e. The van der Waals surface area contributed by atoms with E-state index in [-0.39, 0.29) is 24.2 Å². The number of nitrogens with zero attached hydrogens (tertiary/aromatic N) is 4. The lowest BCUT2D eigenvalue weighted by Gasteiger charge is -2.17. The van der Waals surface area contributed by atoms with Gasteiger partial charge in [-0.05, 0) is 73.0 Å². The smallest absolute Gasteiger partial charge is 0.252 e. The molecule has 0 aliphatic heterocycles. The second kappa shape index (κ2) is 9.31. The van der Waals surface area contributed by atoms with Crippen molar-refractivity contribution in [1.82, 2.24) is 30.0 Å². The summed E-state index contributed by atoms with van der Waals surface area (Å²) in [6.45, 7) is 4.33. The summed E-state index contributed by atoms with van der Waals surface area (Å²) < 4.78 is 15.3. The normalized spacial score (nSPS) is 12.1. The fourth-order valence-electron chi connectivity index (χ4n) is 3.99. The highest BCUT2D eigenvalue weighted by atomic mass is 35.5. The number of carbonyl (C=O) groups excluding carboxylic acids is 1. The van der Waals surface area contributed by atoms with E-state index < -0.39 is 0 Å². The Balaban J connectivity index is 1.42. The molecule has 0 fully saturated rings. The van der Waals surface area contributed by atoms with Crippen molar-refractivity contribution >= 4 is 28.5 Å². The number of nitrogens with one attached hydrogen (secondary N) is 2. The summed E-state index contributed by atoms with van der Waals surface area (Å²) in [5, 5.41) is 10.8. The molecule has 0 radical (unpaired) electrons. The zero-order chi connectivity index (χ0) is 24.5. The predicted molar refractivity (Wildman–Crippen MR) is 133 cm³/mol. The van der Waals surface area contributed by atoms with Crippen LogP contribution in [-0.2, 0) is 0 Å². The summed E-state index contributed by atoms with van der Waals surface area (Å²) in [5.74, 6) is -0.277. The Morgan fingerprint density at radius 3 is 2.49 bits per heavy atom. The Labute approximate surface area is 206 Å². The topological polar surface area (TPSA) is 88.5 Å². The first-order valence-corrected chi connectivity index (χ1v) is 11.4. The van der Waals surface area contributed by atoms with Crippen LogP contribution in [0.3, 0.4) is 0 Å². The number of H-pyrrole nitrogens is 1. The molecule has 3 aromatic carbocycles. The minimum atomic E-state index is -0.327. The Morgan fingerprint density at radius 2 is 1.77 bits per heavy atom. The molecule has 0 saturated heterocycles. The molecule has 176 valence electrons. The third kappa shape index (κ3) is 4.65. The lowest BCUT2D eigenvalue weighted by molar-refractivity contribution is 0.0952. The molecule has 5 aromatic rings. The first kappa shape index (κ1) is 22.7. The molecular weight excluding hydrogens is 467 g/mol. The summed E-state index contributed by atoms with van der Waals surface area (Å²) in [6, 6.07) is 15.4. The van der Waals surface area contributed by atoms with E-state index in [1.165, 1.54) is 12.1 Å². The maximum atomic E-state index is 13.6. The number of imidazole rings is 1. The Morgan fingerprint density at radius 1 is 1.06 bits per heavy atom. The van der Waals surface area contributed by atoms with Gasteiger partial charge in [0.1, 0.15) is 24.3 Å². The fraction of sp³-hybridized carbons (Fsp3) is 0.154. The lowest BCUT2D eigenvalue weighted by Crippen LogP contribution is -2.29. The quantitative estimate of drug-likeness (QED) is 0.347. The third-order valence-electron chi connectivity index (χ3n) is 6.10. The van der Waals surface area contributed by atoms with Crippen molar-refractivity contribution in [2.45, 2.75) is 19.8 Å². The van der Waals surface area contributed by atoms with Crippen LogP contribution in [0.25, 0.3) is 16.7 Å². The molecule has 0 saturated carbocycles. The van der Waals surface area contributed by atoms with Crippen molar-refractivity contribution < 1.29 is 9.18 Å². The standard InChI is InChI=1S/C26H22ClFN6O/c1-15-9-23-24(10-16(15)2)33-25(32-23)21(17-3-5-18(28)6-4-17)12-29-26(35)20-8-7-19(11-22(20)27)34-13-30-31-14-34/h3-11,13-14,21H,12H2,1-2H3,(H,29,35)(H,32,33). The number of hydrogen-bond donors (Lipinski definition) is 2. The van der Waals surface area contributed by atoms with Gasteiger partial charge in [0.05, 0.1) is 27.5 Å². The van der Waals surface area contributed by atoms with Crippen molar-refractivity contribution in [3.63, 3.8) is 0 Å². The molecule has 1 atom stereocenters. The van der Waals surface area contributed by atoms with Crippen molar-refractivity contribution in [3.8, 4) is 5.69 Å². The average Bonchev–Trinajstić information content (AvgIpc) is 3.51. The summed E-state index contributed by atoms with van der Waals surface area (Å²) >= 11 is 6.42. The van der Waals surface area contributed by atoms with Crippen LogP contribution in [0, 0.1) is 19.7 Å². The van der Waals surface area contributed by atoms with Crippen molar-refractivity contribution in [3.05, 3.63) is 106 Å². The molecule has 2 aromatic heterocycles. The zero-order valence-corrected chi connectivity index (χ0v) is 19.8. The highest BCUT2D eigenvalue weighted by Crippen LogP contribution is 2.27. The van der Waals surface area contributed by atoms with Crippen LogP contribution >= 0.6 is 11.6 Å². The Bertz CT molecular complexity index is 1470. The number of amides is 1. The van der Waals surface area contributed by atoms with Gasteiger partial charge in [-0.15, -0.1) is 10.2 Å². The molecule has 0 bridgehead atoms. The number of aryl methyl sites for hydroxylation is 2. The zero-order valence-electron chi connectivity index (χ0n) is 19.1. The van der Waals surface area contributed by atoms with E-state index in [0.29, 0.717) is 16.4 Å². The largest absolute Gasteiger partial charge is 0.351 e. The van der Waals surface area contributed by atoms with Gasteiger partial charge < -0.3 is 10.3 Å². The van der Waals surface area contributed by atoms with E-state index >= 15 is 0 Å². The highest BCUT2D eigenvalue weighted by Gasteiger charge is 2.21. The molecular formula is C26H22ClFN6O. The molecule has 1 unspecified atom stereocenters. The summed E-state index contributed by atoms with van der Waals surface area (Å²) in [4.78, 5) is 21.2.